The van der Waals surface area contributed by atoms with Crippen LogP contribution in [-0.2, 0) is 0 Å². The van der Waals surface area contributed by atoms with Crippen LogP contribution in [0.3, 0.4) is 0 Å². The summed E-state index contributed by atoms with van der Waals surface area (Å²) in [6.45, 7) is 5.69. The van der Waals surface area contributed by atoms with Crippen molar-refractivity contribution in [2.75, 3.05) is 0 Å². The Morgan fingerprint density at radius 1 is 1.50 bits per heavy atom. The van der Waals surface area contributed by atoms with E-state index in [1.54, 1.807) is 0 Å². The predicted molar refractivity (Wildman–Crippen MR) is 37.7 cm³/mol. The van der Waals surface area contributed by atoms with E-state index in [0.717, 1.165) is 0 Å². The van der Waals surface area contributed by atoms with E-state index in [0.29, 0.717) is 0 Å². The minimum absolute atomic E-state index is 0.102. The van der Waals surface area contributed by atoms with Crippen molar-refractivity contribution in [3.8, 4) is 0 Å². The van der Waals surface area contributed by atoms with Gasteiger partial charge < -0.3 is 5.73 Å². The highest BCUT2D eigenvalue weighted by atomic mass is 19.1. The molecule has 0 aromatic rings. The fraction of sp³-hybridized carbons (Fsp3) is 0.429. The second kappa shape index (κ2) is 3.46. The molecule has 0 heterocycles. The SMILES string of the molecule is C=C(F)/C(C)=C(/F)C(C)N. The first-order valence-electron chi connectivity index (χ1n) is 2.93. The van der Waals surface area contributed by atoms with Crippen LogP contribution in [-0.4, -0.2) is 6.04 Å². The van der Waals surface area contributed by atoms with E-state index < -0.39 is 17.7 Å². The Morgan fingerprint density at radius 2 is 1.90 bits per heavy atom. The molecule has 1 atom stereocenters. The summed E-state index contributed by atoms with van der Waals surface area (Å²) in [6.07, 6.45) is 0. The van der Waals surface area contributed by atoms with Gasteiger partial charge in [0, 0.05) is 5.57 Å². The number of halogens is 2. The standard InChI is InChI=1S/C7H11F2N/c1-4(5(2)8)7(9)6(3)10/h6H,2,10H2,1,3H3/b7-4+. The molecule has 0 bridgehead atoms. The number of nitrogens with two attached hydrogens (primary N) is 1. The van der Waals surface area contributed by atoms with Crippen LogP contribution in [0.2, 0.25) is 0 Å². The van der Waals surface area contributed by atoms with E-state index >= 15 is 0 Å². The Labute approximate surface area is 59.2 Å². The van der Waals surface area contributed by atoms with Crippen molar-refractivity contribution in [3.63, 3.8) is 0 Å². The Kier molecular flexibility index (Phi) is 3.22. The zero-order valence-corrected chi connectivity index (χ0v) is 6.12. The number of hydrogen-bond donors (Lipinski definition) is 1. The molecule has 1 nitrogen and oxygen atoms in total. The summed E-state index contributed by atoms with van der Waals surface area (Å²) in [4.78, 5) is 0. The van der Waals surface area contributed by atoms with Crippen LogP contribution < -0.4 is 5.73 Å². The lowest BCUT2D eigenvalue weighted by Gasteiger charge is -2.03. The molecule has 0 aliphatic carbocycles. The molecule has 2 N–H and O–H groups in total. The minimum atomic E-state index is -0.769. The van der Waals surface area contributed by atoms with Crippen LogP contribution in [0.5, 0.6) is 0 Å². The van der Waals surface area contributed by atoms with Crippen LogP contribution in [0.25, 0.3) is 0 Å². The summed E-state index contributed by atoms with van der Waals surface area (Å²) in [5.41, 5.74) is 5.03. The van der Waals surface area contributed by atoms with E-state index in [1.165, 1.54) is 13.8 Å². The van der Waals surface area contributed by atoms with Crippen molar-refractivity contribution in [1.29, 1.82) is 0 Å². The summed E-state index contributed by atoms with van der Waals surface area (Å²) in [5.74, 6) is -1.41. The molecule has 0 radical (unpaired) electrons. The Balaban J connectivity index is 4.50. The van der Waals surface area contributed by atoms with E-state index in [-0.39, 0.29) is 5.57 Å². The molecule has 1 unspecified atom stereocenters. The van der Waals surface area contributed by atoms with E-state index in [4.69, 9.17) is 5.73 Å². The van der Waals surface area contributed by atoms with Gasteiger partial charge in [-0.05, 0) is 13.8 Å². The highest BCUT2D eigenvalue weighted by Crippen LogP contribution is 2.16. The molecule has 0 amide bonds. The lowest BCUT2D eigenvalue weighted by Crippen LogP contribution is -2.16. The van der Waals surface area contributed by atoms with Crippen molar-refractivity contribution < 1.29 is 8.78 Å². The number of rotatable bonds is 2. The molecule has 0 saturated heterocycles. The average Bonchev–Trinajstić information content (AvgIpc) is 1.84. The molecule has 0 saturated carbocycles. The van der Waals surface area contributed by atoms with E-state index in [9.17, 15) is 8.78 Å². The molecule has 58 valence electrons. The maximum atomic E-state index is 12.6. The van der Waals surface area contributed by atoms with Crippen molar-refractivity contribution >= 4 is 0 Å². The van der Waals surface area contributed by atoms with Crippen LogP contribution >= 0.6 is 0 Å². The second-order valence-electron chi connectivity index (χ2n) is 2.17. The molecule has 10 heavy (non-hydrogen) atoms. The smallest absolute Gasteiger partial charge is 0.122 e. The van der Waals surface area contributed by atoms with Gasteiger partial charge in [-0.25, -0.2) is 8.78 Å². The third-order valence-corrected chi connectivity index (χ3v) is 1.16. The van der Waals surface area contributed by atoms with Crippen LogP contribution in [0.1, 0.15) is 13.8 Å². The zero-order valence-electron chi connectivity index (χ0n) is 6.12. The molecular formula is C7H11F2N. The quantitative estimate of drug-likeness (QED) is 0.594. The zero-order chi connectivity index (χ0) is 8.31. The molecule has 0 fully saturated rings. The third-order valence-electron chi connectivity index (χ3n) is 1.16. The Morgan fingerprint density at radius 3 is 2.00 bits per heavy atom. The highest BCUT2D eigenvalue weighted by molar-refractivity contribution is 5.25. The van der Waals surface area contributed by atoms with Crippen molar-refractivity contribution in [2.45, 2.75) is 19.9 Å². The van der Waals surface area contributed by atoms with Gasteiger partial charge in [0.25, 0.3) is 0 Å². The monoisotopic (exact) mass is 147 g/mol. The van der Waals surface area contributed by atoms with Crippen molar-refractivity contribution in [2.24, 2.45) is 5.73 Å². The summed E-state index contributed by atoms with van der Waals surface area (Å²) in [5, 5.41) is 0. The molecule has 0 aromatic heterocycles. The third kappa shape index (κ3) is 2.27. The maximum Gasteiger partial charge on any atom is 0.122 e. The van der Waals surface area contributed by atoms with E-state index in [1.807, 2.05) is 0 Å². The molecule has 0 aliphatic heterocycles. The number of hydrogen-bond acceptors (Lipinski definition) is 1. The van der Waals surface area contributed by atoms with Gasteiger partial charge in [-0.15, -0.1) is 0 Å². The first-order valence-corrected chi connectivity index (χ1v) is 2.93. The molecular weight excluding hydrogens is 136 g/mol. The first kappa shape index (κ1) is 9.30. The average molecular weight is 147 g/mol. The van der Waals surface area contributed by atoms with Gasteiger partial charge in [0.2, 0.25) is 0 Å². The Bertz CT molecular complexity index is 170. The topological polar surface area (TPSA) is 26.0 Å². The Hall–Kier alpha value is -0.700. The predicted octanol–water partition coefficient (Wildman–Crippen LogP) is 2.06. The maximum absolute atomic E-state index is 12.6. The summed E-state index contributed by atoms with van der Waals surface area (Å²) >= 11 is 0. The van der Waals surface area contributed by atoms with Gasteiger partial charge in [-0.1, -0.05) is 6.58 Å². The van der Waals surface area contributed by atoms with E-state index in [2.05, 4.69) is 6.58 Å². The summed E-state index contributed by atoms with van der Waals surface area (Å²) in [6, 6.07) is -0.757. The number of allylic oxidation sites excluding steroid dienone is 2. The van der Waals surface area contributed by atoms with Crippen LogP contribution in [0, 0.1) is 0 Å². The molecule has 0 rings (SSSR count). The van der Waals surface area contributed by atoms with Crippen molar-refractivity contribution in [3.05, 3.63) is 23.8 Å². The lowest BCUT2D eigenvalue weighted by atomic mass is 10.2. The lowest BCUT2D eigenvalue weighted by molar-refractivity contribution is 0.536. The fourth-order valence-electron chi connectivity index (χ4n) is 0.471. The molecule has 0 aliphatic rings. The molecule has 0 aromatic carbocycles. The molecule has 3 heteroatoms. The summed E-state index contributed by atoms with van der Waals surface area (Å²) < 4.78 is 24.8. The van der Waals surface area contributed by atoms with Crippen LogP contribution in [0.4, 0.5) is 8.78 Å². The van der Waals surface area contributed by atoms with Gasteiger partial charge in [0.1, 0.15) is 11.7 Å². The molecule has 0 spiro atoms. The summed E-state index contributed by atoms with van der Waals surface area (Å²) in [7, 11) is 0. The fourth-order valence-corrected chi connectivity index (χ4v) is 0.471. The van der Waals surface area contributed by atoms with Crippen molar-refractivity contribution in [1.82, 2.24) is 0 Å². The second-order valence-corrected chi connectivity index (χ2v) is 2.17. The first-order chi connectivity index (χ1) is 4.46. The van der Waals surface area contributed by atoms with Gasteiger partial charge in [0.15, 0.2) is 0 Å². The van der Waals surface area contributed by atoms with Gasteiger partial charge >= 0.3 is 0 Å². The van der Waals surface area contributed by atoms with Gasteiger partial charge in [-0.2, -0.15) is 0 Å². The highest BCUT2D eigenvalue weighted by Gasteiger charge is 2.08. The largest absolute Gasteiger partial charge is 0.322 e. The van der Waals surface area contributed by atoms with Gasteiger partial charge in [-0.3, -0.25) is 0 Å². The normalized spacial score (nSPS) is 16.1. The van der Waals surface area contributed by atoms with Gasteiger partial charge in [0.05, 0.1) is 6.04 Å². The van der Waals surface area contributed by atoms with Crippen LogP contribution in [0.15, 0.2) is 23.8 Å². The minimum Gasteiger partial charge on any atom is -0.322 e.